The summed E-state index contributed by atoms with van der Waals surface area (Å²) in [5.74, 6) is 1.53. The Hall–Kier alpha value is -3.65. The van der Waals surface area contributed by atoms with Gasteiger partial charge in [-0.25, -0.2) is 4.79 Å². The number of carboxylic acids is 1. The van der Waals surface area contributed by atoms with E-state index in [2.05, 4.69) is 17.4 Å². The zero-order valence-corrected chi connectivity index (χ0v) is 23.0. The molecule has 2 fully saturated rings. The van der Waals surface area contributed by atoms with Gasteiger partial charge in [-0.2, -0.15) is 11.8 Å². The van der Waals surface area contributed by atoms with Gasteiger partial charge in [0.1, 0.15) is 17.0 Å². The van der Waals surface area contributed by atoms with Crippen LogP contribution in [0.5, 0.6) is 11.5 Å². The first-order valence-corrected chi connectivity index (χ1v) is 14.3. The van der Waals surface area contributed by atoms with Crippen molar-refractivity contribution in [2.45, 2.75) is 48.6 Å². The minimum Gasteiger partial charge on any atom is -0.497 e. The van der Waals surface area contributed by atoms with Gasteiger partial charge in [0.15, 0.2) is 0 Å². The van der Waals surface area contributed by atoms with E-state index in [1.54, 1.807) is 14.2 Å². The Labute approximate surface area is 233 Å². The second-order valence-corrected chi connectivity index (χ2v) is 11.2. The summed E-state index contributed by atoms with van der Waals surface area (Å²) in [6.07, 6.45) is 2.52. The monoisotopic (exact) mass is 546 g/mol. The largest absolute Gasteiger partial charge is 0.497 e. The molecule has 2 N–H and O–H groups in total. The molecule has 2 aliphatic heterocycles. The zero-order valence-electron chi connectivity index (χ0n) is 22.2. The lowest BCUT2D eigenvalue weighted by Gasteiger charge is -2.45. The van der Waals surface area contributed by atoms with Crippen molar-refractivity contribution in [2.24, 2.45) is 0 Å². The summed E-state index contributed by atoms with van der Waals surface area (Å²) in [4.78, 5) is 27.1. The highest BCUT2D eigenvalue weighted by atomic mass is 32.2. The van der Waals surface area contributed by atoms with E-state index in [1.165, 1.54) is 0 Å². The van der Waals surface area contributed by atoms with Gasteiger partial charge in [0.05, 0.1) is 26.3 Å². The number of rotatable bonds is 11. The lowest BCUT2D eigenvalue weighted by Crippen LogP contribution is -2.53. The quantitative estimate of drug-likeness (QED) is 0.187. The summed E-state index contributed by atoms with van der Waals surface area (Å²) in [6.45, 7) is 0. The van der Waals surface area contributed by atoms with Crippen LogP contribution < -0.4 is 14.8 Å². The Morgan fingerprint density at radius 1 is 0.923 bits per heavy atom. The van der Waals surface area contributed by atoms with Gasteiger partial charge in [-0.05, 0) is 53.8 Å². The number of aliphatic carboxylic acids is 1. The Balaban J connectivity index is 1.62. The molecule has 5 rings (SSSR count). The van der Waals surface area contributed by atoms with Gasteiger partial charge in [-0.1, -0.05) is 61.0 Å². The van der Waals surface area contributed by atoms with Crippen LogP contribution in [0.1, 0.15) is 42.4 Å². The fraction of sp³-hybridized carbons (Fsp3) is 0.355. The van der Waals surface area contributed by atoms with Gasteiger partial charge in [-0.15, -0.1) is 0 Å². The molecule has 7 nitrogen and oxygen atoms in total. The SMILES string of the molecule is COc1ccc(C(c2ccccc2)(c2ccc(OC)cc2)N2C(=O)N[C@@H]3[C@H]2CS[C@@H]3CCCCC(=O)O)cc1. The van der Waals surface area contributed by atoms with Gasteiger partial charge in [0.2, 0.25) is 0 Å². The van der Waals surface area contributed by atoms with Crippen molar-refractivity contribution in [3.8, 4) is 11.5 Å². The molecule has 0 aliphatic carbocycles. The van der Waals surface area contributed by atoms with Crippen molar-refractivity contribution in [3.63, 3.8) is 0 Å². The molecule has 0 bridgehead atoms. The highest BCUT2D eigenvalue weighted by Crippen LogP contribution is 2.49. The number of carbonyl (C=O) groups is 2. The van der Waals surface area contributed by atoms with E-state index >= 15 is 0 Å². The topological polar surface area (TPSA) is 88.1 Å². The molecule has 8 heteroatoms. The van der Waals surface area contributed by atoms with Crippen molar-refractivity contribution < 1.29 is 24.2 Å². The fourth-order valence-corrected chi connectivity index (χ4v) is 7.60. The van der Waals surface area contributed by atoms with Crippen LogP contribution in [0.4, 0.5) is 4.79 Å². The molecule has 39 heavy (non-hydrogen) atoms. The highest BCUT2D eigenvalue weighted by molar-refractivity contribution is 8.00. The molecule has 204 valence electrons. The Morgan fingerprint density at radius 2 is 1.49 bits per heavy atom. The number of nitrogens with zero attached hydrogens (tertiary/aromatic N) is 1. The molecule has 3 aromatic carbocycles. The lowest BCUT2D eigenvalue weighted by molar-refractivity contribution is -0.137. The van der Waals surface area contributed by atoms with E-state index in [0.717, 1.165) is 46.8 Å². The van der Waals surface area contributed by atoms with Crippen LogP contribution in [0.2, 0.25) is 0 Å². The number of ether oxygens (including phenoxy) is 2. The second-order valence-electron chi connectivity index (χ2n) is 9.96. The van der Waals surface area contributed by atoms with E-state index < -0.39 is 11.5 Å². The molecule has 2 amide bonds. The lowest BCUT2D eigenvalue weighted by atomic mass is 9.74. The summed E-state index contributed by atoms with van der Waals surface area (Å²) in [5.41, 5.74) is 2.02. The number of amides is 2. The predicted octanol–water partition coefficient (Wildman–Crippen LogP) is 5.52. The van der Waals surface area contributed by atoms with Crippen LogP contribution >= 0.6 is 11.8 Å². The van der Waals surface area contributed by atoms with Crippen LogP contribution in [0, 0.1) is 0 Å². The molecule has 0 radical (unpaired) electrons. The highest BCUT2D eigenvalue weighted by Gasteiger charge is 2.57. The van der Waals surface area contributed by atoms with Crippen molar-refractivity contribution >= 4 is 23.8 Å². The number of nitrogens with one attached hydrogen (secondary N) is 1. The summed E-state index contributed by atoms with van der Waals surface area (Å²) in [5, 5.41) is 12.6. The van der Waals surface area contributed by atoms with Crippen LogP contribution in [0.15, 0.2) is 78.9 Å². The molecule has 3 aromatic rings. The fourth-order valence-electron chi connectivity index (χ4n) is 6.01. The first-order valence-electron chi connectivity index (χ1n) is 13.3. The molecule has 2 heterocycles. The van der Waals surface area contributed by atoms with Crippen LogP contribution in [-0.4, -0.2) is 59.3 Å². The maximum atomic E-state index is 14.0. The molecule has 2 saturated heterocycles. The van der Waals surface area contributed by atoms with Crippen LogP contribution in [0.3, 0.4) is 0 Å². The molecule has 0 saturated carbocycles. The number of hydrogen-bond acceptors (Lipinski definition) is 5. The first kappa shape index (κ1) is 26.9. The summed E-state index contributed by atoms with van der Waals surface area (Å²) >= 11 is 1.87. The number of methoxy groups -OCH3 is 2. The number of unbranched alkanes of at least 4 members (excludes halogenated alkanes) is 1. The molecule has 2 aliphatic rings. The normalized spacial score (nSPS) is 20.4. The van der Waals surface area contributed by atoms with Gasteiger partial charge in [-0.3, -0.25) is 4.79 Å². The van der Waals surface area contributed by atoms with Gasteiger partial charge < -0.3 is 24.8 Å². The Kier molecular flexibility index (Phi) is 8.02. The van der Waals surface area contributed by atoms with E-state index in [0.29, 0.717) is 6.42 Å². The molecule has 0 unspecified atom stereocenters. The van der Waals surface area contributed by atoms with Crippen LogP contribution in [-0.2, 0) is 10.3 Å². The van der Waals surface area contributed by atoms with Gasteiger partial charge in [0.25, 0.3) is 0 Å². The van der Waals surface area contributed by atoms with Gasteiger partial charge in [0, 0.05) is 17.4 Å². The summed E-state index contributed by atoms with van der Waals surface area (Å²) < 4.78 is 10.9. The van der Waals surface area contributed by atoms with Gasteiger partial charge >= 0.3 is 12.0 Å². The van der Waals surface area contributed by atoms with Crippen molar-refractivity contribution in [1.82, 2.24) is 10.2 Å². The van der Waals surface area contributed by atoms with E-state index in [4.69, 9.17) is 14.6 Å². The number of carboxylic acid groups (broad SMARTS) is 1. The van der Waals surface area contributed by atoms with Crippen molar-refractivity contribution in [3.05, 3.63) is 95.6 Å². The Morgan fingerprint density at radius 3 is 2.03 bits per heavy atom. The minimum atomic E-state index is -0.901. The summed E-state index contributed by atoms with van der Waals surface area (Å²) in [7, 11) is 3.29. The number of carbonyl (C=O) groups excluding carboxylic acids is 1. The number of hydrogen-bond donors (Lipinski definition) is 2. The van der Waals surface area contributed by atoms with Crippen molar-refractivity contribution in [1.29, 1.82) is 0 Å². The molecule has 0 aromatic heterocycles. The Bertz CT molecular complexity index is 1240. The second kappa shape index (κ2) is 11.6. The van der Waals surface area contributed by atoms with E-state index in [-0.39, 0.29) is 29.8 Å². The summed E-state index contributed by atoms with van der Waals surface area (Å²) in [6, 6.07) is 26.0. The number of thioether (sulfide) groups is 1. The van der Waals surface area contributed by atoms with E-state index in [9.17, 15) is 9.59 Å². The number of urea groups is 1. The standard InChI is InChI=1S/C31H34N2O5S/c1-37-24-16-12-22(13-17-24)31(21-8-4-3-5-9-21,23-14-18-25(38-2)19-15-23)33-26-20-39-27(29(26)32-30(33)36)10-6-7-11-28(34)35/h3-5,8-9,12-19,26-27,29H,6-7,10-11,20H2,1-2H3,(H,32,36)(H,34,35)/t26-,27-,29-/m1/s1. The first-order chi connectivity index (χ1) is 19.0. The number of benzene rings is 3. The molecular formula is C31H34N2O5S. The average molecular weight is 547 g/mol. The smallest absolute Gasteiger partial charge is 0.319 e. The van der Waals surface area contributed by atoms with E-state index in [1.807, 2.05) is 83.4 Å². The third-order valence-electron chi connectivity index (χ3n) is 7.83. The van der Waals surface area contributed by atoms with Crippen LogP contribution in [0.25, 0.3) is 0 Å². The predicted molar refractivity (Wildman–Crippen MR) is 153 cm³/mol. The minimum absolute atomic E-state index is 0.0214. The molecule has 3 atom stereocenters. The average Bonchev–Trinajstić information content (AvgIpc) is 3.51. The third kappa shape index (κ3) is 5.05. The molecule has 0 spiro atoms. The number of fused-ring (bicyclic) bond motifs is 1. The molecular weight excluding hydrogens is 512 g/mol. The maximum absolute atomic E-state index is 14.0. The third-order valence-corrected chi connectivity index (χ3v) is 9.33. The zero-order chi connectivity index (χ0) is 27.4. The van der Waals surface area contributed by atoms with Crippen molar-refractivity contribution in [2.75, 3.05) is 20.0 Å². The maximum Gasteiger partial charge on any atom is 0.319 e.